The van der Waals surface area contributed by atoms with Gasteiger partial charge in [0, 0.05) is 19.6 Å². The Hall–Kier alpha value is -1.59. The SMILES string of the molecule is Cc1cccc(OCC(=O)O[C@H](C)CN2CCOCC2)c1. The van der Waals surface area contributed by atoms with Gasteiger partial charge < -0.3 is 14.2 Å². The summed E-state index contributed by atoms with van der Waals surface area (Å²) in [5.74, 6) is 0.352. The number of nitrogens with zero attached hydrogens (tertiary/aromatic N) is 1. The molecule has 1 heterocycles. The van der Waals surface area contributed by atoms with Gasteiger partial charge in [0.05, 0.1) is 13.2 Å². The topological polar surface area (TPSA) is 48.0 Å². The van der Waals surface area contributed by atoms with E-state index in [-0.39, 0.29) is 18.7 Å². The van der Waals surface area contributed by atoms with Crippen molar-refractivity contribution in [3.8, 4) is 5.75 Å². The van der Waals surface area contributed by atoms with Gasteiger partial charge in [0.1, 0.15) is 11.9 Å². The van der Waals surface area contributed by atoms with Crippen molar-refractivity contribution in [3.63, 3.8) is 0 Å². The number of carbonyl (C=O) groups is 1. The molecule has 1 saturated heterocycles. The molecule has 0 saturated carbocycles. The maximum absolute atomic E-state index is 11.8. The lowest BCUT2D eigenvalue weighted by molar-refractivity contribution is -0.151. The summed E-state index contributed by atoms with van der Waals surface area (Å²) in [4.78, 5) is 14.0. The predicted octanol–water partition coefficient (Wildman–Crippen LogP) is 1.64. The molecule has 1 aromatic rings. The van der Waals surface area contributed by atoms with Gasteiger partial charge in [-0.15, -0.1) is 0 Å². The van der Waals surface area contributed by atoms with Crippen molar-refractivity contribution in [2.75, 3.05) is 39.5 Å². The van der Waals surface area contributed by atoms with Crippen LogP contribution < -0.4 is 4.74 Å². The molecule has 1 aliphatic heterocycles. The van der Waals surface area contributed by atoms with Gasteiger partial charge >= 0.3 is 5.97 Å². The molecule has 0 unspecified atom stereocenters. The Bertz CT molecular complexity index is 457. The van der Waals surface area contributed by atoms with E-state index in [1.807, 2.05) is 38.1 Å². The lowest BCUT2D eigenvalue weighted by Crippen LogP contribution is -2.41. The number of benzene rings is 1. The minimum absolute atomic E-state index is 0.0586. The number of hydrogen-bond donors (Lipinski definition) is 0. The average molecular weight is 293 g/mol. The van der Waals surface area contributed by atoms with E-state index in [0.717, 1.165) is 38.4 Å². The van der Waals surface area contributed by atoms with Gasteiger partial charge in [0.25, 0.3) is 0 Å². The number of rotatable bonds is 6. The molecule has 0 N–H and O–H groups in total. The first kappa shape index (κ1) is 15.8. The number of esters is 1. The molecule has 0 aromatic heterocycles. The van der Waals surface area contributed by atoms with Crippen molar-refractivity contribution in [3.05, 3.63) is 29.8 Å². The molecule has 0 spiro atoms. The van der Waals surface area contributed by atoms with Crippen molar-refractivity contribution in [2.24, 2.45) is 0 Å². The molecule has 116 valence electrons. The molecule has 1 aliphatic rings. The quantitative estimate of drug-likeness (QED) is 0.746. The van der Waals surface area contributed by atoms with Crippen molar-refractivity contribution in [1.82, 2.24) is 4.90 Å². The summed E-state index contributed by atoms with van der Waals surface area (Å²) < 4.78 is 16.1. The second-order valence-corrected chi connectivity index (χ2v) is 5.32. The Kier molecular flexibility index (Phi) is 6.02. The fourth-order valence-electron chi connectivity index (χ4n) is 2.29. The summed E-state index contributed by atoms with van der Waals surface area (Å²) >= 11 is 0. The molecular weight excluding hydrogens is 270 g/mol. The number of morpholine rings is 1. The highest BCUT2D eigenvalue weighted by Gasteiger charge is 2.16. The standard InChI is InChI=1S/C16H23NO4/c1-13-4-3-5-15(10-13)20-12-16(18)21-14(2)11-17-6-8-19-9-7-17/h3-5,10,14H,6-9,11-12H2,1-2H3/t14-/m1/s1. The van der Waals surface area contributed by atoms with Crippen LogP contribution in [-0.4, -0.2) is 56.4 Å². The van der Waals surface area contributed by atoms with Crippen LogP contribution in [-0.2, 0) is 14.3 Å². The first-order valence-corrected chi connectivity index (χ1v) is 7.32. The molecule has 1 atom stereocenters. The molecule has 5 heteroatoms. The molecule has 0 amide bonds. The maximum atomic E-state index is 11.8. The van der Waals surface area contributed by atoms with Gasteiger partial charge in [-0.2, -0.15) is 0 Å². The molecule has 2 rings (SSSR count). The fraction of sp³-hybridized carbons (Fsp3) is 0.562. The Morgan fingerprint density at radius 2 is 2.14 bits per heavy atom. The second kappa shape index (κ2) is 8.00. The molecule has 0 bridgehead atoms. The van der Waals surface area contributed by atoms with Crippen molar-refractivity contribution < 1.29 is 19.0 Å². The highest BCUT2D eigenvalue weighted by atomic mass is 16.6. The third-order valence-corrected chi connectivity index (χ3v) is 3.30. The zero-order valence-electron chi connectivity index (χ0n) is 12.7. The van der Waals surface area contributed by atoms with E-state index in [1.165, 1.54) is 0 Å². The number of aryl methyl sites for hydroxylation is 1. The first-order chi connectivity index (χ1) is 10.1. The van der Waals surface area contributed by atoms with Crippen molar-refractivity contribution in [2.45, 2.75) is 20.0 Å². The van der Waals surface area contributed by atoms with Crippen LogP contribution >= 0.6 is 0 Å². The molecule has 21 heavy (non-hydrogen) atoms. The minimum atomic E-state index is -0.336. The predicted molar refractivity (Wildman–Crippen MR) is 79.5 cm³/mol. The fourth-order valence-corrected chi connectivity index (χ4v) is 2.29. The van der Waals surface area contributed by atoms with E-state index in [1.54, 1.807) is 0 Å². The van der Waals surface area contributed by atoms with Gasteiger partial charge in [-0.3, -0.25) is 4.90 Å². The third kappa shape index (κ3) is 5.73. The number of hydrogen-bond acceptors (Lipinski definition) is 5. The Morgan fingerprint density at radius 1 is 1.38 bits per heavy atom. The highest BCUT2D eigenvalue weighted by Crippen LogP contribution is 2.12. The lowest BCUT2D eigenvalue weighted by Gasteiger charge is -2.28. The van der Waals surface area contributed by atoms with Gasteiger partial charge in [-0.25, -0.2) is 4.79 Å². The van der Waals surface area contributed by atoms with Crippen LogP contribution in [0.5, 0.6) is 5.75 Å². The normalized spacial score (nSPS) is 17.2. The maximum Gasteiger partial charge on any atom is 0.344 e. The monoisotopic (exact) mass is 293 g/mol. The smallest absolute Gasteiger partial charge is 0.344 e. The van der Waals surface area contributed by atoms with E-state index in [4.69, 9.17) is 14.2 Å². The largest absolute Gasteiger partial charge is 0.482 e. The zero-order valence-corrected chi connectivity index (χ0v) is 12.7. The first-order valence-electron chi connectivity index (χ1n) is 7.32. The summed E-state index contributed by atoms with van der Waals surface area (Å²) in [7, 11) is 0. The minimum Gasteiger partial charge on any atom is -0.482 e. The van der Waals surface area contributed by atoms with Crippen molar-refractivity contribution >= 4 is 5.97 Å². The highest BCUT2D eigenvalue weighted by molar-refractivity contribution is 5.71. The summed E-state index contributed by atoms with van der Waals surface area (Å²) in [5.41, 5.74) is 1.10. The second-order valence-electron chi connectivity index (χ2n) is 5.32. The van der Waals surface area contributed by atoms with Crippen LogP contribution in [0, 0.1) is 6.92 Å². The summed E-state index contributed by atoms with van der Waals surface area (Å²) in [6.45, 7) is 7.84. The summed E-state index contributed by atoms with van der Waals surface area (Å²) in [6, 6.07) is 7.61. The number of carbonyl (C=O) groups excluding carboxylic acids is 1. The van der Waals surface area contributed by atoms with E-state index in [9.17, 15) is 4.79 Å². The lowest BCUT2D eigenvalue weighted by atomic mass is 10.2. The van der Waals surface area contributed by atoms with Crippen LogP contribution in [0.15, 0.2) is 24.3 Å². The average Bonchev–Trinajstić information content (AvgIpc) is 2.46. The van der Waals surface area contributed by atoms with Crippen LogP contribution in [0.3, 0.4) is 0 Å². The van der Waals surface area contributed by atoms with E-state index in [0.29, 0.717) is 5.75 Å². The molecule has 0 aliphatic carbocycles. The number of ether oxygens (including phenoxy) is 3. The summed E-state index contributed by atoms with van der Waals surface area (Å²) in [6.07, 6.45) is -0.142. The molecule has 1 fully saturated rings. The van der Waals surface area contributed by atoms with Crippen LogP contribution in [0.4, 0.5) is 0 Å². The van der Waals surface area contributed by atoms with Crippen LogP contribution in [0.1, 0.15) is 12.5 Å². The molecular formula is C16H23NO4. The Morgan fingerprint density at radius 3 is 2.86 bits per heavy atom. The van der Waals surface area contributed by atoms with Gasteiger partial charge in [0.2, 0.25) is 0 Å². The van der Waals surface area contributed by atoms with Gasteiger partial charge in [-0.05, 0) is 31.5 Å². The zero-order chi connectivity index (χ0) is 15.1. The van der Waals surface area contributed by atoms with E-state index < -0.39 is 0 Å². The third-order valence-electron chi connectivity index (χ3n) is 3.30. The summed E-state index contributed by atoms with van der Waals surface area (Å²) in [5, 5.41) is 0. The Balaban J connectivity index is 1.68. The van der Waals surface area contributed by atoms with Crippen molar-refractivity contribution in [1.29, 1.82) is 0 Å². The molecule has 5 nitrogen and oxygen atoms in total. The Labute approximate surface area is 125 Å². The van der Waals surface area contributed by atoms with Gasteiger partial charge in [-0.1, -0.05) is 12.1 Å². The molecule has 0 radical (unpaired) electrons. The van der Waals surface area contributed by atoms with E-state index >= 15 is 0 Å². The molecule has 1 aromatic carbocycles. The van der Waals surface area contributed by atoms with E-state index in [2.05, 4.69) is 4.90 Å². The van der Waals surface area contributed by atoms with Gasteiger partial charge in [0.15, 0.2) is 6.61 Å². The van der Waals surface area contributed by atoms with Crippen LogP contribution in [0.2, 0.25) is 0 Å². The van der Waals surface area contributed by atoms with Crippen LogP contribution in [0.25, 0.3) is 0 Å².